The van der Waals surface area contributed by atoms with Crippen LogP contribution in [-0.2, 0) is 19.9 Å². The number of aryl methyl sites for hydroxylation is 2. The van der Waals surface area contributed by atoms with Crippen LogP contribution in [0.5, 0.6) is 0 Å². The van der Waals surface area contributed by atoms with Crippen molar-refractivity contribution in [3.05, 3.63) is 29.1 Å². The summed E-state index contributed by atoms with van der Waals surface area (Å²) in [5, 5.41) is 4.50. The van der Waals surface area contributed by atoms with E-state index in [2.05, 4.69) is 24.2 Å². The maximum absolute atomic E-state index is 6.05. The minimum Gasteiger partial charge on any atom is -0.324 e. The van der Waals surface area contributed by atoms with Gasteiger partial charge in [-0.25, -0.2) is 0 Å². The summed E-state index contributed by atoms with van der Waals surface area (Å²) < 4.78 is 2.01. The predicted molar refractivity (Wildman–Crippen MR) is 70.8 cm³/mol. The van der Waals surface area contributed by atoms with Gasteiger partial charge in [0.15, 0.2) is 0 Å². The minimum absolute atomic E-state index is 0.256. The van der Waals surface area contributed by atoms with Crippen LogP contribution in [0.25, 0.3) is 0 Å². The molecule has 0 amide bonds. The Morgan fingerprint density at radius 2 is 2.29 bits per heavy atom. The van der Waals surface area contributed by atoms with Crippen molar-refractivity contribution in [3.8, 4) is 0 Å². The second-order valence-electron chi connectivity index (χ2n) is 5.02. The maximum atomic E-state index is 6.05. The average Bonchev–Trinajstić information content (AvgIpc) is 2.52. The maximum Gasteiger partial charge on any atom is 0.0624 e. The highest BCUT2D eigenvalue weighted by atomic mass is 15.3. The molecule has 17 heavy (non-hydrogen) atoms. The molecule has 0 aromatic carbocycles. The van der Waals surface area contributed by atoms with Crippen molar-refractivity contribution >= 4 is 0 Å². The third-order valence-electron chi connectivity index (χ3n) is 3.53. The van der Waals surface area contributed by atoms with Gasteiger partial charge in [0.1, 0.15) is 0 Å². The quantitative estimate of drug-likeness (QED) is 0.814. The van der Waals surface area contributed by atoms with Crippen LogP contribution in [0.2, 0.25) is 0 Å². The molecule has 0 saturated carbocycles. The molecule has 2 N–H and O–H groups in total. The molecule has 1 unspecified atom stereocenters. The Labute approximate surface area is 104 Å². The molecule has 1 atom stereocenters. The second kappa shape index (κ2) is 5.50. The third-order valence-corrected chi connectivity index (χ3v) is 3.53. The van der Waals surface area contributed by atoms with Crippen molar-refractivity contribution in [1.82, 2.24) is 9.78 Å². The Hall–Kier alpha value is -1.09. The lowest BCUT2D eigenvalue weighted by atomic mass is 10.0. The SMILES string of the molecule is CCc1cc(CC2=CC(N)CCCC2)n(C)n1. The van der Waals surface area contributed by atoms with Gasteiger partial charge in [-0.2, -0.15) is 5.10 Å². The van der Waals surface area contributed by atoms with Crippen LogP contribution < -0.4 is 5.73 Å². The van der Waals surface area contributed by atoms with Gasteiger partial charge in [0.05, 0.1) is 5.69 Å². The highest BCUT2D eigenvalue weighted by Crippen LogP contribution is 2.20. The fourth-order valence-electron chi connectivity index (χ4n) is 2.49. The van der Waals surface area contributed by atoms with Crippen molar-refractivity contribution in [1.29, 1.82) is 0 Å². The van der Waals surface area contributed by atoms with E-state index in [0.29, 0.717) is 0 Å². The first-order valence-corrected chi connectivity index (χ1v) is 6.66. The van der Waals surface area contributed by atoms with Gasteiger partial charge in [-0.3, -0.25) is 4.68 Å². The molecule has 0 fully saturated rings. The van der Waals surface area contributed by atoms with Gasteiger partial charge in [0, 0.05) is 25.2 Å². The van der Waals surface area contributed by atoms with Gasteiger partial charge < -0.3 is 5.73 Å². The summed E-state index contributed by atoms with van der Waals surface area (Å²) in [7, 11) is 2.03. The van der Waals surface area contributed by atoms with E-state index in [1.165, 1.54) is 36.2 Å². The van der Waals surface area contributed by atoms with E-state index in [9.17, 15) is 0 Å². The minimum atomic E-state index is 0.256. The second-order valence-corrected chi connectivity index (χ2v) is 5.02. The molecule has 3 heteroatoms. The molecule has 0 aliphatic heterocycles. The third kappa shape index (κ3) is 3.19. The van der Waals surface area contributed by atoms with Crippen molar-refractivity contribution in [2.45, 2.75) is 51.5 Å². The van der Waals surface area contributed by atoms with E-state index in [1.54, 1.807) is 0 Å². The Morgan fingerprint density at radius 1 is 1.47 bits per heavy atom. The largest absolute Gasteiger partial charge is 0.324 e. The number of nitrogens with zero attached hydrogens (tertiary/aromatic N) is 2. The van der Waals surface area contributed by atoms with E-state index in [0.717, 1.165) is 19.3 Å². The van der Waals surface area contributed by atoms with Gasteiger partial charge in [0.25, 0.3) is 0 Å². The molecule has 94 valence electrons. The zero-order chi connectivity index (χ0) is 12.3. The van der Waals surface area contributed by atoms with E-state index in [1.807, 2.05) is 11.7 Å². The molecular formula is C14H23N3. The van der Waals surface area contributed by atoms with Crippen LogP contribution in [0.3, 0.4) is 0 Å². The van der Waals surface area contributed by atoms with Gasteiger partial charge in [0.2, 0.25) is 0 Å². The van der Waals surface area contributed by atoms with Crippen LogP contribution in [0.15, 0.2) is 17.7 Å². The van der Waals surface area contributed by atoms with Crippen molar-refractivity contribution in [2.24, 2.45) is 12.8 Å². The van der Waals surface area contributed by atoms with Crippen LogP contribution in [-0.4, -0.2) is 15.8 Å². The fourth-order valence-corrected chi connectivity index (χ4v) is 2.49. The van der Waals surface area contributed by atoms with Crippen LogP contribution >= 0.6 is 0 Å². The molecule has 1 aromatic heterocycles. The molecule has 0 spiro atoms. The summed E-state index contributed by atoms with van der Waals surface area (Å²) in [6, 6.07) is 2.48. The van der Waals surface area contributed by atoms with Crippen LogP contribution in [0.1, 0.15) is 44.0 Å². The molecule has 1 aromatic rings. The number of hydrogen-bond acceptors (Lipinski definition) is 2. The first-order valence-electron chi connectivity index (χ1n) is 6.66. The monoisotopic (exact) mass is 233 g/mol. The number of hydrogen-bond donors (Lipinski definition) is 1. The standard InChI is InChI=1S/C14H23N3/c1-3-13-10-14(17(2)16-13)9-11-6-4-5-7-12(15)8-11/h8,10,12H,3-7,9,15H2,1-2H3. The Morgan fingerprint density at radius 3 is 3.00 bits per heavy atom. The summed E-state index contributed by atoms with van der Waals surface area (Å²) in [5.41, 5.74) is 10.0. The van der Waals surface area contributed by atoms with Gasteiger partial charge in [-0.05, 0) is 31.7 Å². The molecular weight excluding hydrogens is 210 g/mol. The highest BCUT2D eigenvalue weighted by molar-refractivity contribution is 5.20. The summed E-state index contributed by atoms with van der Waals surface area (Å²) in [5.74, 6) is 0. The molecule has 1 heterocycles. The number of aromatic nitrogens is 2. The molecule has 0 radical (unpaired) electrons. The topological polar surface area (TPSA) is 43.8 Å². The summed E-state index contributed by atoms with van der Waals surface area (Å²) in [4.78, 5) is 0. The first kappa shape index (κ1) is 12.4. The lowest BCUT2D eigenvalue weighted by molar-refractivity contribution is 0.652. The zero-order valence-electron chi connectivity index (χ0n) is 10.9. The van der Waals surface area contributed by atoms with Crippen LogP contribution in [0, 0.1) is 0 Å². The predicted octanol–water partition coefficient (Wildman–Crippen LogP) is 2.35. The number of allylic oxidation sites excluding steroid dienone is 1. The smallest absolute Gasteiger partial charge is 0.0624 e. The normalized spacial score (nSPS) is 21.1. The lowest BCUT2D eigenvalue weighted by Gasteiger charge is -2.07. The lowest BCUT2D eigenvalue weighted by Crippen LogP contribution is -2.16. The average molecular weight is 233 g/mol. The highest BCUT2D eigenvalue weighted by Gasteiger charge is 2.11. The van der Waals surface area contributed by atoms with Gasteiger partial charge in [-0.1, -0.05) is 25.0 Å². The van der Waals surface area contributed by atoms with Crippen LogP contribution in [0.4, 0.5) is 0 Å². The fraction of sp³-hybridized carbons (Fsp3) is 0.643. The van der Waals surface area contributed by atoms with Crippen molar-refractivity contribution < 1.29 is 0 Å². The van der Waals surface area contributed by atoms with E-state index < -0.39 is 0 Å². The summed E-state index contributed by atoms with van der Waals surface area (Å²) in [6.45, 7) is 2.15. The molecule has 1 aliphatic carbocycles. The van der Waals surface area contributed by atoms with E-state index in [4.69, 9.17) is 5.73 Å². The number of nitrogens with two attached hydrogens (primary N) is 1. The van der Waals surface area contributed by atoms with Crippen molar-refractivity contribution in [3.63, 3.8) is 0 Å². The van der Waals surface area contributed by atoms with Gasteiger partial charge in [-0.15, -0.1) is 0 Å². The molecule has 3 nitrogen and oxygen atoms in total. The zero-order valence-corrected chi connectivity index (χ0v) is 10.9. The molecule has 0 bridgehead atoms. The molecule has 2 rings (SSSR count). The number of rotatable bonds is 3. The molecule has 1 aliphatic rings. The van der Waals surface area contributed by atoms with Crippen molar-refractivity contribution in [2.75, 3.05) is 0 Å². The van der Waals surface area contributed by atoms with Gasteiger partial charge >= 0.3 is 0 Å². The summed E-state index contributed by atoms with van der Waals surface area (Å²) >= 11 is 0. The Bertz CT molecular complexity index is 404. The Kier molecular flexibility index (Phi) is 4.00. The Balaban J connectivity index is 2.10. The summed E-state index contributed by atoms with van der Waals surface area (Å²) in [6.07, 6.45) is 9.15. The first-order chi connectivity index (χ1) is 8.19. The van der Waals surface area contributed by atoms with E-state index >= 15 is 0 Å². The molecule has 0 saturated heterocycles. The van der Waals surface area contributed by atoms with E-state index in [-0.39, 0.29) is 6.04 Å².